The van der Waals surface area contributed by atoms with Gasteiger partial charge in [-0.05, 0) is 50.1 Å². The number of amides is 3. The standard InChI is InChI=1S/C20H19ClN2O3/c1-11-8-12(2)18(13(3)9-11)22-17(24)6-7-23-19(25)15-5-4-14(21)10-16(15)20(23)26/h4-5,8-10H,6-7H2,1-3H3,(H,22,24). The van der Waals surface area contributed by atoms with Crippen LogP contribution in [0.3, 0.4) is 0 Å². The summed E-state index contributed by atoms with van der Waals surface area (Å²) in [7, 11) is 0. The number of carbonyl (C=O) groups excluding carboxylic acids is 3. The minimum atomic E-state index is -0.414. The number of aryl methyl sites for hydroxylation is 3. The Balaban J connectivity index is 1.68. The Kier molecular flexibility index (Phi) is 4.83. The highest BCUT2D eigenvalue weighted by atomic mass is 35.5. The molecule has 0 spiro atoms. The SMILES string of the molecule is Cc1cc(C)c(NC(=O)CCN2C(=O)c3ccc(Cl)cc3C2=O)c(C)c1. The molecular weight excluding hydrogens is 352 g/mol. The van der Waals surface area contributed by atoms with Crippen LogP contribution in [0.5, 0.6) is 0 Å². The highest BCUT2D eigenvalue weighted by molar-refractivity contribution is 6.32. The molecule has 1 N–H and O–H groups in total. The zero-order valence-corrected chi connectivity index (χ0v) is 15.6. The Morgan fingerprint density at radius 3 is 2.27 bits per heavy atom. The number of hydrogen-bond donors (Lipinski definition) is 1. The molecule has 0 aromatic heterocycles. The minimum absolute atomic E-state index is 0.0275. The van der Waals surface area contributed by atoms with Gasteiger partial charge in [0.25, 0.3) is 11.8 Å². The molecule has 5 nitrogen and oxygen atoms in total. The summed E-state index contributed by atoms with van der Waals surface area (Å²) in [5.74, 6) is -1.05. The molecule has 0 radical (unpaired) electrons. The van der Waals surface area contributed by atoms with Crippen molar-refractivity contribution < 1.29 is 14.4 Å². The fraction of sp³-hybridized carbons (Fsp3) is 0.250. The van der Waals surface area contributed by atoms with Gasteiger partial charge in [0.2, 0.25) is 5.91 Å². The molecule has 26 heavy (non-hydrogen) atoms. The molecule has 0 saturated heterocycles. The lowest BCUT2D eigenvalue weighted by atomic mass is 10.1. The highest BCUT2D eigenvalue weighted by Crippen LogP contribution is 2.26. The first-order valence-electron chi connectivity index (χ1n) is 8.31. The Labute approximate surface area is 156 Å². The molecule has 0 atom stereocenters. The van der Waals surface area contributed by atoms with Crippen LogP contribution in [0.2, 0.25) is 5.02 Å². The number of nitrogens with zero attached hydrogens (tertiary/aromatic N) is 1. The van der Waals surface area contributed by atoms with Gasteiger partial charge in [-0.1, -0.05) is 29.3 Å². The zero-order valence-electron chi connectivity index (χ0n) is 14.9. The van der Waals surface area contributed by atoms with E-state index in [0.717, 1.165) is 27.3 Å². The Bertz CT molecular complexity index is 914. The number of fused-ring (bicyclic) bond motifs is 1. The third kappa shape index (κ3) is 3.35. The number of anilines is 1. The molecule has 0 fully saturated rings. The molecule has 134 valence electrons. The highest BCUT2D eigenvalue weighted by Gasteiger charge is 2.35. The minimum Gasteiger partial charge on any atom is -0.326 e. The van der Waals surface area contributed by atoms with Crippen LogP contribution < -0.4 is 5.32 Å². The molecule has 1 aliphatic rings. The van der Waals surface area contributed by atoms with Gasteiger partial charge < -0.3 is 5.32 Å². The number of imide groups is 1. The molecule has 3 rings (SSSR count). The zero-order chi connectivity index (χ0) is 19.0. The van der Waals surface area contributed by atoms with E-state index in [1.54, 1.807) is 6.07 Å². The topological polar surface area (TPSA) is 66.5 Å². The summed E-state index contributed by atoms with van der Waals surface area (Å²) in [5.41, 5.74) is 4.47. The molecule has 0 unspecified atom stereocenters. The third-order valence-electron chi connectivity index (χ3n) is 4.44. The van der Waals surface area contributed by atoms with E-state index in [4.69, 9.17) is 11.6 Å². The number of benzene rings is 2. The molecule has 6 heteroatoms. The lowest BCUT2D eigenvalue weighted by Crippen LogP contribution is -2.33. The van der Waals surface area contributed by atoms with E-state index >= 15 is 0 Å². The van der Waals surface area contributed by atoms with Crippen LogP contribution in [-0.2, 0) is 4.79 Å². The summed E-state index contributed by atoms with van der Waals surface area (Å²) in [6.07, 6.45) is 0.0337. The summed E-state index contributed by atoms with van der Waals surface area (Å²) >= 11 is 5.90. The third-order valence-corrected chi connectivity index (χ3v) is 4.67. The van der Waals surface area contributed by atoms with E-state index < -0.39 is 11.8 Å². The van der Waals surface area contributed by atoms with E-state index in [1.165, 1.54) is 12.1 Å². The van der Waals surface area contributed by atoms with Crippen molar-refractivity contribution in [2.75, 3.05) is 11.9 Å². The van der Waals surface area contributed by atoms with E-state index in [0.29, 0.717) is 10.6 Å². The van der Waals surface area contributed by atoms with Crippen LogP contribution in [0.25, 0.3) is 0 Å². The Morgan fingerprint density at radius 2 is 1.62 bits per heavy atom. The van der Waals surface area contributed by atoms with E-state index in [9.17, 15) is 14.4 Å². The van der Waals surface area contributed by atoms with Crippen LogP contribution in [0, 0.1) is 20.8 Å². The van der Waals surface area contributed by atoms with Gasteiger partial charge in [-0.3, -0.25) is 19.3 Å². The Morgan fingerprint density at radius 1 is 1.00 bits per heavy atom. The maximum Gasteiger partial charge on any atom is 0.261 e. The van der Waals surface area contributed by atoms with Crippen molar-refractivity contribution in [3.8, 4) is 0 Å². The molecular formula is C20H19ClN2O3. The molecule has 1 aliphatic heterocycles. The number of nitrogens with one attached hydrogen (secondary N) is 1. The van der Waals surface area contributed by atoms with Gasteiger partial charge in [-0.2, -0.15) is 0 Å². The van der Waals surface area contributed by atoms with Crippen molar-refractivity contribution in [2.24, 2.45) is 0 Å². The summed E-state index contributed by atoms with van der Waals surface area (Å²) in [5, 5.41) is 3.28. The van der Waals surface area contributed by atoms with Gasteiger partial charge in [-0.25, -0.2) is 0 Å². The maximum atomic E-state index is 12.4. The summed E-state index contributed by atoms with van der Waals surface area (Å²) in [6, 6.07) is 8.59. The van der Waals surface area contributed by atoms with Gasteiger partial charge in [0.1, 0.15) is 0 Å². The second-order valence-corrected chi connectivity index (χ2v) is 6.96. The van der Waals surface area contributed by atoms with E-state index in [1.807, 2.05) is 32.9 Å². The monoisotopic (exact) mass is 370 g/mol. The average molecular weight is 371 g/mol. The van der Waals surface area contributed by atoms with Crippen molar-refractivity contribution in [3.05, 3.63) is 63.2 Å². The van der Waals surface area contributed by atoms with Gasteiger partial charge in [-0.15, -0.1) is 0 Å². The van der Waals surface area contributed by atoms with Gasteiger partial charge in [0.15, 0.2) is 0 Å². The fourth-order valence-corrected chi connectivity index (χ4v) is 3.43. The van der Waals surface area contributed by atoms with Crippen LogP contribution in [-0.4, -0.2) is 29.2 Å². The summed E-state index contributed by atoms with van der Waals surface area (Å²) in [4.78, 5) is 38.2. The quantitative estimate of drug-likeness (QED) is 0.830. The first-order chi connectivity index (χ1) is 12.3. The van der Waals surface area contributed by atoms with Gasteiger partial charge >= 0.3 is 0 Å². The molecule has 0 aliphatic carbocycles. The number of hydrogen-bond acceptors (Lipinski definition) is 3. The predicted molar refractivity (Wildman–Crippen MR) is 101 cm³/mol. The smallest absolute Gasteiger partial charge is 0.261 e. The lowest BCUT2D eigenvalue weighted by Gasteiger charge is -2.15. The van der Waals surface area contributed by atoms with E-state index in [-0.39, 0.29) is 24.4 Å². The largest absolute Gasteiger partial charge is 0.326 e. The summed E-state index contributed by atoms with van der Waals surface area (Å²) < 4.78 is 0. The molecule has 1 heterocycles. The first-order valence-corrected chi connectivity index (χ1v) is 8.69. The predicted octanol–water partition coefficient (Wildman–Crippen LogP) is 3.89. The fourth-order valence-electron chi connectivity index (χ4n) is 3.26. The van der Waals surface area contributed by atoms with Gasteiger partial charge in [0, 0.05) is 23.7 Å². The van der Waals surface area contributed by atoms with E-state index in [2.05, 4.69) is 5.32 Å². The van der Waals surface area contributed by atoms with Crippen LogP contribution >= 0.6 is 11.6 Å². The molecule has 2 aromatic carbocycles. The van der Waals surface area contributed by atoms with Crippen molar-refractivity contribution in [3.63, 3.8) is 0 Å². The van der Waals surface area contributed by atoms with Crippen molar-refractivity contribution in [1.29, 1.82) is 0 Å². The maximum absolute atomic E-state index is 12.4. The molecule has 3 amide bonds. The van der Waals surface area contributed by atoms with Crippen molar-refractivity contribution >= 4 is 35.0 Å². The van der Waals surface area contributed by atoms with Crippen LogP contribution in [0.4, 0.5) is 5.69 Å². The first kappa shape index (κ1) is 18.1. The number of rotatable bonds is 4. The number of carbonyl (C=O) groups is 3. The Hall–Kier alpha value is -2.66. The normalized spacial score (nSPS) is 13.2. The second-order valence-electron chi connectivity index (χ2n) is 6.52. The van der Waals surface area contributed by atoms with Gasteiger partial charge in [0.05, 0.1) is 11.1 Å². The number of halogens is 1. The van der Waals surface area contributed by atoms with Crippen molar-refractivity contribution in [2.45, 2.75) is 27.2 Å². The average Bonchev–Trinajstić information content (AvgIpc) is 2.79. The van der Waals surface area contributed by atoms with Crippen molar-refractivity contribution in [1.82, 2.24) is 4.90 Å². The van der Waals surface area contributed by atoms with Crippen LogP contribution in [0.15, 0.2) is 30.3 Å². The van der Waals surface area contributed by atoms with Crippen LogP contribution in [0.1, 0.15) is 43.8 Å². The molecule has 0 saturated carbocycles. The molecule has 0 bridgehead atoms. The summed E-state index contributed by atoms with van der Waals surface area (Å²) in [6.45, 7) is 5.90. The molecule has 2 aromatic rings. The second kappa shape index (κ2) is 6.92. The lowest BCUT2D eigenvalue weighted by molar-refractivity contribution is -0.116.